The van der Waals surface area contributed by atoms with E-state index < -0.39 is 57.8 Å². The van der Waals surface area contributed by atoms with Gasteiger partial charge in [-0.15, -0.1) is 0 Å². The smallest absolute Gasteiger partial charge is 0.462 e. The van der Waals surface area contributed by atoms with Crippen molar-refractivity contribution in [2.24, 2.45) is 0 Å². The van der Waals surface area contributed by atoms with Crippen molar-refractivity contribution in [3.8, 4) is 0 Å². The van der Waals surface area contributed by atoms with Gasteiger partial charge in [0, 0.05) is 12.8 Å². The van der Waals surface area contributed by atoms with Crippen LogP contribution in [0.1, 0.15) is 188 Å². The number of aliphatic hydroxyl groups is 1. The van der Waals surface area contributed by atoms with Crippen LogP contribution in [-0.2, 0) is 42.2 Å². The second-order valence-corrected chi connectivity index (χ2v) is 18.0. The van der Waals surface area contributed by atoms with Crippen molar-refractivity contribution in [1.82, 2.24) is 0 Å². The van der Waals surface area contributed by atoms with Crippen LogP contribution in [0.3, 0.4) is 0 Å². The van der Waals surface area contributed by atoms with Gasteiger partial charge in [-0.3, -0.25) is 23.4 Å². The zero-order chi connectivity index (χ0) is 49.9. The molecule has 386 valence electrons. The first-order valence-corrected chi connectivity index (χ1v) is 27.3. The first kappa shape index (κ1) is 64.1. The maximum Gasteiger partial charge on any atom is 0.472 e. The number of aliphatic hydroxyl groups excluding tert-OH is 1. The first-order valence-electron chi connectivity index (χ1n) is 25.8. The monoisotopic (exact) mass is 971 g/mol. The SMILES string of the molecule is CC/C=C\C/C=C\C/C=C\C/C=C\C/C=C\CC(=O)OC(COC(=O)CCCCCCC/C=C\C/C=C\C/C=C\CC)COP(=O)(O)OCC(CO)OC(=O)CCCCCCC/C=C\CCCC. The van der Waals surface area contributed by atoms with Crippen molar-refractivity contribution in [3.63, 3.8) is 0 Å². The molecule has 11 nitrogen and oxygen atoms in total. The molecule has 0 aromatic rings. The number of unbranched alkanes of at least 4 members (excludes halogenated alkanes) is 12. The number of carbonyl (C=O) groups is 3. The largest absolute Gasteiger partial charge is 0.472 e. The zero-order valence-electron chi connectivity index (χ0n) is 42.3. The van der Waals surface area contributed by atoms with Crippen LogP contribution < -0.4 is 0 Å². The predicted octanol–water partition coefficient (Wildman–Crippen LogP) is 14.7. The van der Waals surface area contributed by atoms with Crippen LogP contribution >= 0.6 is 7.82 Å². The molecule has 0 bridgehead atoms. The minimum atomic E-state index is -4.78. The molecule has 0 aromatic carbocycles. The van der Waals surface area contributed by atoms with Crippen LogP contribution in [0.25, 0.3) is 0 Å². The summed E-state index contributed by atoms with van der Waals surface area (Å²) in [4.78, 5) is 48.2. The van der Waals surface area contributed by atoms with Crippen molar-refractivity contribution >= 4 is 25.7 Å². The Labute approximate surface area is 412 Å². The summed E-state index contributed by atoms with van der Waals surface area (Å²) in [6, 6.07) is 0. The Balaban J connectivity index is 4.92. The van der Waals surface area contributed by atoms with Crippen LogP contribution in [0.15, 0.2) is 109 Å². The number of phosphoric ester groups is 1. The lowest BCUT2D eigenvalue weighted by Gasteiger charge is -2.21. The highest BCUT2D eigenvalue weighted by Gasteiger charge is 2.28. The van der Waals surface area contributed by atoms with Gasteiger partial charge in [-0.25, -0.2) is 4.57 Å². The molecular formula is C56H91O11P. The van der Waals surface area contributed by atoms with Gasteiger partial charge in [-0.05, 0) is 96.3 Å². The van der Waals surface area contributed by atoms with E-state index in [2.05, 4.69) is 106 Å². The maximum atomic E-state index is 12.8. The van der Waals surface area contributed by atoms with Gasteiger partial charge in [0.2, 0.25) is 0 Å². The number of hydrogen-bond acceptors (Lipinski definition) is 10. The number of allylic oxidation sites excluding steroid dienone is 17. The van der Waals surface area contributed by atoms with E-state index in [1.54, 1.807) is 6.08 Å². The van der Waals surface area contributed by atoms with Crippen molar-refractivity contribution < 1.29 is 52.2 Å². The standard InChI is InChI=1S/C56H91O11P/c1-4-7-10-13-16-19-22-24-26-28-31-33-36-39-42-45-54(58)63-49-53(67-56(60)47-44-41-38-35-32-29-27-25-23-20-17-14-11-8-5-2)51-65-68(61,62)64-50-52(48-57)66-55(59)46-43-40-37-34-30-21-18-15-12-9-6-3/h7-8,10-11,15-20,24-27,32,35,41,44,52-53,57H,4-6,9,12-14,21-23,28-31,33-34,36-40,42-43,45-51H2,1-3H3,(H,61,62)/b10-7-,11-8-,18-15-,19-16-,20-17-,26-24-,27-25-,35-32-,44-41-. The van der Waals surface area contributed by atoms with Crippen molar-refractivity contribution in [3.05, 3.63) is 109 Å². The molecular weight excluding hydrogens is 880 g/mol. The number of hydrogen-bond donors (Lipinski definition) is 2. The lowest BCUT2D eigenvalue weighted by Crippen LogP contribution is -2.30. The Bertz CT molecular complexity index is 1550. The van der Waals surface area contributed by atoms with Crippen LogP contribution in [0, 0.1) is 0 Å². The van der Waals surface area contributed by atoms with E-state index in [0.29, 0.717) is 19.3 Å². The highest BCUT2D eigenvalue weighted by atomic mass is 31.2. The Morgan fingerprint density at radius 1 is 0.441 bits per heavy atom. The number of carbonyl (C=O) groups excluding carboxylic acids is 3. The molecule has 0 saturated carbocycles. The molecule has 0 radical (unpaired) electrons. The second kappa shape index (κ2) is 49.6. The molecule has 3 unspecified atom stereocenters. The van der Waals surface area contributed by atoms with Gasteiger partial charge >= 0.3 is 25.7 Å². The van der Waals surface area contributed by atoms with Gasteiger partial charge in [-0.1, -0.05) is 182 Å². The van der Waals surface area contributed by atoms with E-state index in [9.17, 15) is 28.9 Å². The van der Waals surface area contributed by atoms with E-state index in [4.69, 9.17) is 23.3 Å². The fourth-order valence-corrected chi connectivity index (χ4v) is 7.09. The summed E-state index contributed by atoms with van der Waals surface area (Å²) in [6.07, 6.45) is 58.1. The molecule has 0 aliphatic carbocycles. The van der Waals surface area contributed by atoms with E-state index >= 15 is 0 Å². The van der Waals surface area contributed by atoms with Crippen molar-refractivity contribution in [2.45, 2.75) is 200 Å². The fourth-order valence-electron chi connectivity index (χ4n) is 6.31. The van der Waals surface area contributed by atoms with E-state index in [1.165, 1.54) is 12.8 Å². The third-order valence-corrected chi connectivity index (χ3v) is 11.1. The van der Waals surface area contributed by atoms with Crippen LogP contribution in [0.5, 0.6) is 0 Å². The molecule has 0 rings (SSSR count). The molecule has 0 saturated heterocycles. The van der Waals surface area contributed by atoms with Crippen LogP contribution in [0.2, 0.25) is 0 Å². The Kier molecular flexibility index (Phi) is 46.7. The van der Waals surface area contributed by atoms with Crippen molar-refractivity contribution in [1.29, 1.82) is 0 Å². The van der Waals surface area contributed by atoms with Crippen LogP contribution in [0.4, 0.5) is 0 Å². The minimum absolute atomic E-state index is 0.0740. The highest BCUT2D eigenvalue weighted by molar-refractivity contribution is 7.47. The Hall–Kier alpha value is -3.86. The second-order valence-electron chi connectivity index (χ2n) is 16.6. The average Bonchev–Trinajstić information content (AvgIpc) is 3.32. The molecule has 0 fully saturated rings. The van der Waals surface area contributed by atoms with Gasteiger partial charge in [-0.2, -0.15) is 0 Å². The quantitative estimate of drug-likeness (QED) is 0.0197. The van der Waals surface area contributed by atoms with Crippen molar-refractivity contribution in [2.75, 3.05) is 26.4 Å². The molecule has 0 aromatic heterocycles. The number of ether oxygens (including phenoxy) is 3. The topological polar surface area (TPSA) is 155 Å². The van der Waals surface area contributed by atoms with Gasteiger partial charge in [0.25, 0.3) is 0 Å². The molecule has 0 aliphatic heterocycles. The van der Waals surface area contributed by atoms with E-state index in [0.717, 1.165) is 116 Å². The Morgan fingerprint density at radius 2 is 0.824 bits per heavy atom. The number of phosphoric acid groups is 1. The van der Waals surface area contributed by atoms with Crippen LogP contribution in [-0.4, -0.2) is 66.5 Å². The summed E-state index contributed by atoms with van der Waals surface area (Å²) >= 11 is 0. The average molecular weight is 971 g/mol. The summed E-state index contributed by atoms with van der Waals surface area (Å²) in [7, 11) is -4.78. The minimum Gasteiger partial charge on any atom is -0.462 e. The molecule has 68 heavy (non-hydrogen) atoms. The van der Waals surface area contributed by atoms with Gasteiger partial charge in [0.1, 0.15) is 12.7 Å². The molecule has 0 aliphatic rings. The molecule has 3 atom stereocenters. The number of rotatable bonds is 46. The summed E-state index contributed by atoms with van der Waals surface area (Å²) in [6.45, 7) is 4.20. The molecule has 0 spiro atoms. The molecule has 2 N–H and O–H groups in total. The summed E-state index contributed by atoms with van der Waals surface area (Å²) in [5, 5.41) is 9.76. The van der Waals surface area contributed by atoms with Gasteiger partial charge in [0.05, 0.1) is 26.2 Å². The zero-order valence-corrected chi connectivity index (χ0v) is 43.2. The first-order chi connectivity index (χ1) is 33.2. The molecule has 0 amide bonds. The lowest BCUT2D eigenvalue weighted by molar-refractivity contribution is -0.160. The summed E-state index contributed by atoms with van der Waals surface area (Å²) < 4.78 is 39.2. The Morgan fingerprint density at radius 3 is 1.31 bits per heavy atom. The number of esters is 3. The molecule has 12 heteroatoms. The van der Waals surface area contributed by atoms with E-state index in [1.807, 2.05) is 18.2 Å². The highest BCUT2D eigenvalue weighted by Crippen LogP contribution is 2.43. The normalized spacial score (nSPS) is 14.4. The van der Waals surface area contributed by atoms with E-state index in [-0.39, 0.29) is 25.9 Å². The van der Waals surface area contributed by atoms with Gasteiger partial charge < -0.3 is 24.2 Å². The predicted molar refractivity (Wildman–Crippen MR) is 279 cm³/mol. The third kappa shape index (κ3) is 47.2. The lowest BCUT2D eigenvalue weighted by atomic mass is 10.1. The fraction of sp³-hybridized carbons (Fsp3) is 0.625. The summed E-state index contributed by atoms with van der Waals surface area (Å²) in [5.41, 5.74) is 0. The van der Waals surface area contributed by atoms with Gasteiger partial charge in [0.15, 0.2) is 6.10 Å². The molecule has 0 heterocycles. The maximum absolute atomic E-state index is 12.8. The summed E-state index contributed by atoms with van der Waals surface area (Å²) in [5.74, 6) is -1.66. The third-order valence-electron chi connectivity index (χ3n) is 10.2.